The quantitative estimate of drug-likeness (QED) is 0.504. The van der Waals surface area contributed by atoms with Crippen molar-refractivity contribution in [2.24, 2.45) is 0 Å². The fourth-order valence-corrected chi connectivity index (χ4v) is 3.47. The van der Waals surface area contributed by atoms with Crippen LogP contribution in [0.4, 0.5) is 0 Å². The molecule has 5 heteroatoms. The van der Waals surface area contributed by atoms with E-state index in [-0.39, 0.29) is 5.56 Å². The third kappa shape index (κ3) is 5.12. The molecule has 1 aromatic carbocycles. The van der Waals surface area contributed by atoms with Crippen molar-refractivity contribution in [2.45, 2.75) is 23.4 Å². The summed E-state index contributed by atoms with van der Waals surface area (Å²) in [4.78, 5) is 19.6. The lowest BCUT2D eigenvalue weighted by molar-refractivity contribution is 0.903. The van der Waals surface area contributed by atoms with Gasteiger partial charge in [0, 0.05) is 22.4 Å². The Labute approximate surface area is 121 Å². The Kier molecular flexibility index (Phi) is 5.54. The van der Waals surface area contributed by atoms with E-state index < -0.39 is 0 Å². The molecule has 100 valence electrons. The van der Waals surface area contributed by atoms with Crippen molar-refractivity contribution in [3.8, 4) is 0 Å². The van der Waals surface area contributed by atoms with E-state index >= 15 is 0 Å². The van der Waals surface area contributed by atoms with E-state index in [0.29, 0.717) is 0 Å². The number of nitrogens with one attached hydrogen (secondary N) is 1. The minimum atomic E-state index is -0.0753. The van der Waals surface area contributed by atoms with Crippen molar-refractivity contribution in [1.82, 2.24) is 9.97 Å². The summed E-state index contributed by atoms with van der Waals surface area (Å²) in [6.07, 6.45) is 1.09. The van der Waals surface area contributed by atoms with Gasteiger partial charge in [0.2, 0.25) is 0 Å². The number of H-pyrrole nitrogens is 1. The molecule has 0 fully saturated rings. The van der Waals surface area contributed by atoms with Gasteiger partial charge in [-0.05, 0) is 31.2 Å². The van der Waals surface area contributed by atoms with Crippen molar-refractivity contribution in [3.63, 3.8) is 0 Å². The van der Waals surface area contributed by atoms with Gasteiger partial charge in [-0.1, -0.05) is 30.0 Å². The van der Waals surface area contributed by atoms with E-state index in [1.54, 1.807) is 11.8 Å². The molecule has 0 spiro atoms. The van der Waals surface area contributed by atoms with E-state index in [4.69, 9.17) is 0 Å². The van der Waals surface area contributed by atoms with E-state index in [2.05, 4.69) is 34.2 Å². The summed E-state index contributed by atoms with van der Waals surface area (Å²) in [5.74, 6) is 2.04. The largest absolute Gasteiger partial charge is 0.301 e. The monoisotopic (exact) mass is 292 g/mol. The average molecular weight is 292 g/mol. The van der Waals surface area contributed by atoms with Gasteiger partial charge < -0.3 is 4.98 Å². The van der Waals surface area contributed by atoms with Gasteiger partial charge in [0.15, 0.2) is 5.16 Å². The molecule has 3 nitrogen and oxygen atoms in total. The first-order chi connectivity index (χ1) is 9.24. The Morgan fingerprint density at radius 1 is 1.16 bits per heavy atom. The van der Waals surface area contributed by atoms with Gasteiger partial charge in [-0.15, -0.1) is 11.8 Å². The van der Waals surface area contributed by atoms with Crippen LogP contribution in [0.1, 0.15) is 12.1 Å². The van der Waals surface area contributed by atoms with E-state index in [1.165, 1.54) is 11.0 Å². The van der Waals surface area contributed by atoms with Crippen LogP contribution in [0.3, 0.4) is 0 Å². The second kappa shape index (κ2) is 7.40. The molecule has 0 unspecified atom stereocenters. The minimum Gasteiger partial charge on any atom is -0.301 e. The van der Waals surface area contributed by atoms with E-state index in [9.17, 15) is 4.79 Å². The molecule has 19 heavy (non-hydrogen) atoms. The zero-order chi connectivity index (χ0) is 13.5. The van der Waals surface area contributed by atoms with Gasteiger partial charge >= 0.3 is 0 Å². The first-order valence-electron chi connectivity index (χ1n) is 6.12. The number of aryl methyl sites for hydroxylation is 1. The summed E-state index contributed by atoms with van der Waals surface area (Å²) in [6.45, 7) is 1.84. The maximum atomic E-state index is 11.3. The molecule has 0 saturated carbocycles. The lowest BCUT2D eigenvalue weighted by Crippen LogP contribution is -2.08. The normalized spacial score (nSPS) is 10.6. The lowest BCUT2D eigenvalue weighted by atomic mass is 10.4. The highest BCUT2D eigenvalue weighted by atomic mass is 32.2. The number of hydrogen-bond donors (Lipinski definition) is 1. The average Bonchev–Trinajstić information content (AvgIpc) is 2.38. The standard InChI is InChI=1S/C14H16N2OS2/c1-11-10-13(17)16-14(15-11)19-9-5-8-18-12-6-3-2-4-7-12/h2-4,6-7,10H,5,8-9H2,1H3,(H,15,16,17). The molecule has 2 rings (SSSR count). The van der Waals surface area contributed by atoms with Crippen molar-refractivity contribution in [3.05, 3.63) is 52.4 Å². The molecule has 0 aliphatic carbocycles. The van der Waals surface area contributed by atoms with Gasteiger partial charge in [0.25, 0.3) is 5.56 Å². The highest BCUT2D eigenvalue weighted by Crippen LogP contribution is 2.20. The van der Waals surface area contributed by atoms with Crippen molar-refractivity contribution >= 4 is 23.5 Å². The number of rotatable bonds is 6. The number of benzene rings is 1. The molecule has 1 aromatic heterocycles. The van der Waals surface area contributed by atoms with Gasteiger partial charge in [0.1, 0.15) is 0 Å². The molecular formula is C14H16N2OS2. The van der Waals surface area contributed by atoms with E-state index in [1.807, 2.05) is 24.8 Å². The number of hydrogen-bond acceptors (Lipinski definition) is 4. The highest BCUT2D eigenvalue weighted by Gasteiger charge is 1.99. The Bertz CT molecular complexity index is 569. The van der Waals surface area contributed by atoms with Crippen LogP contribution >= 0.6 is 23.5 Å². The zero-order valence-corrected chi connectivity index (χ0v) is 12.4. The van der Waals surface area contributed by atoms with Crippen LogP contribution in [0, 0.1) is 6.92 Å². The van der Waals surface area contributed by atoms with Crippen LogP contribution in [0.5, 0.6) is 0 Å². The maximum Gasteiger partial charge on any atom is 0.251 e. The summed E-state index contributed by atoms with van der Waals surface area (Å²) >= 11 is 3.46. The van der Waals surface area contributed by atoms with Crippen molar-refractivity contribution in [2.75, 3.05) is 11.5 Å². The zero-order valence-electron chi connectivity index (χ0n) is 10.8. The Morgan fingerprint density at radius 2 is 1.89 bits per heavy atom. The Balaban J connectivity index is 1.71. The molecule has 0 aliphatic rings. The topological polar surface area (TPSA) is 45.8 Å². The second-order valence-electron chi connectivity index (χ2n) is 4.06. The summed E-state index contributed by atoms with van der Waals surface area (Å²) in [6, 6.07) is 11.9. The predicted octanol–water partition coefficient (Wildman–Crippen LogP) is 3.35. The molecule has 0 bridgehead atoms. The van der Waals surface area contributed by atoms with Crippen LogP contribution < -0.4 is 5.56 Å². The van der Waals surface area contributed by atoms with Gasteiger partial charge in [-0.25, -0.2) is 4.98 Å². The smallest absolute Gasteiger partial charge is 0.251 e. The third-order valence-corrected chi connectivity index (χ3v) is 4.45. The Morgan fingerprint density at radius 3 is 2.63 bits per heavy atom. The number of thioether (sulfide) groups is 2. The summed E-state index contributed by atoms with van der Waals surface area (Å²) < 4.78 is 0. The number of nitrogens with zero attached hydrogens (tertiary/aromatic N) is 1. The van der Waals surface area contributed by atoms with Crippen molar-refractivity contribution < 1.29 is 0 Å². The molecule has 0 aliphatic heterocycles. The SMILES string of the molecule is Cc1cc(=O)[nH]c(SCCCSc2ccccc2)n1. The summed E-state index contributed by atoms with van der Waals surface area (Å²) in [5.41, 5.74) is 0.693. The third-order valence-electron chi connectivity index (χ3n) is 2.39. The Hall–Kier alpha value is -1.20. The lowest BCUT2D eigenvalue weighted by Gasteiger charge is -2.02. The minimum absolute atomic E-state index is 0.0753. The van der Waals surface area contributed by atoms with Crippen LogP contribution in [0.15, 0.2) is 51.2 Å². The first-order valence-corrected chi connectivity index (χ1v) is 8.10. The molecule has 0 atom stereocenters. The highest BCUT2D eigenvalue weighted by molar-refractivity contribution is 8.00. The molecular weight excluding hydrogens is 276 g/mol. The summed E-state index contributed by atoms with van der Waals surface area (Å²) in [5, 5.41) is 0.717. The fraction of sp³-hybridized carbons (Fsp3) is 0.286. The molecule has 1 N–H and O–H groups in total. The maximum absolute atomic E-state index is 11.3. The molecule has 2 aromatic rings. The predicted molar refractivity (Wildman–Crippen MR) is 82.1 cm³/mol. The van der Waals surface area contributed by atoms with E-state index in [0.717, 1.165) is 28.8 Å². The number of aromatic nitrogens is 2. The van der Waals surface area contributed by atoms with Crippen LogP contribution in [-0.4, -0.2) is 21.5 Å². The van der Waals surface area contributed by atoms with Gasteiger partial charge in [0.05, 0.1) is 0 Å². The summed E-state index contributed by atoms with van der Waals surface area (Å²) in [7, 11) is 0. The van der Waals surface area contributed by atoms with Crippen LogP contribution in [-0.2, 0) is 0 Å². The number of aromatic amines is 1. The van der Waals surface area contributed by atoms with Crippen LogP contribution in [0.25, 0.3) is 0 Å². The second-order valence-corrected chi connectivity index (χ2v) is 6.31. The molecule has 0 saturated heterocycles. The molecule has 1 heterocycles. The van der Waals surface area contributed by atoms with Gasteiger partial charge in [-0.3, -0.25) is 4.79 Å². The fourth-order valence-electron chi connectivity index (χ4n) is 1.55. The van der Waals surface area contributed by atoms with Crippen molar-refractivity contribution in [1.29, 1.82) is 0 Å². The molecule has 0 amide bonds. The first kappa shape index (κ1) is 14.2. The molecule has 0 radical (unpaired) electrons. The van der Waals surface area contributed by atoms with Gasteiger partial charge in [-0.2, -0.15) is 0 Å². The van der Waals surface area contributed by atoms with Crippen LogP contribution in [0.2, 0.25) is 0 Å².